The van der Waals surface area contributed by atoms with Crippen molar-refractivity contribution in [2.75, 3.05) is 6.26 Å². The summed E-state index contributed by atoms with van der Waals surface area (Å²) in [6.07, 6.45) is 1.14. The maximum atomic E-state index is 13.5. The third-order valence-electron chi connectivity index (χ3n) is 3.05. The second kappa shape index (κ2) is 6.56. The van der Waals surface area contributed by atoms with Gasteiger partial charge in [-0.3, -0.25) is 0 Å². The number of hydrogen-bond donors (Lipinski definition) is 1. The summed E-state index contributed by atoms with van der Waals surface area (Å²) < 4.78 is 37.0. The fraction of sp³-hybridized carbons (Fsp3) is 0.200. The Morgan fingerprint density at radius 3 is 2.48 bits per heavy atom. The molecule has 6 heteroatoms. The largest absolute Gasteiger partial charge is 0.308 e. The summed E-state index contributed by atoms with van der Waals surface area (Å²) in [6, 6.07) is 11.2. The smallest absolute Gasteiger partial charge is 0.175 e. The van der Waals surface area contributed by atoms with Crippen LogP contribution in [0.5, 0.6) is 0 Å². The SMILES string of the molecule is CS(=O)(=O)c1cccc(Cl)c1CNCc1ccccc1F. The minimum absolute atomic E-state index is 0.191. The average molecular weight is 328 g/mol. The van der Waals surface area contributed by atoms with Gasteiger partial charge >= 0.3 is 0 Å². The maximum Gasteiger partial charge on any atom is 0.175 e. The van der Waals surface area contributed by atoms with E-state index in [-0.39, 0.29) is 17.3 Å². The molecule has 0 aliphatic carbocycles. The molecule has 2 rings (SSSR count). The van der Waals surface area contributed by atoms with Crippen LogP contribution in [-0.2, 0) is 22.9 Å². The van der Waals surface area contributed by atoms with Crippen molar-refractivity contribution in [1.29, 1.82) is 0 Å². The molecule has 0 radical (unpaired) electrons. The highest BCUT2D eigenvalue weighted by molar-refractivity contribution is 7.90. The summed E-state index contributed by atoms with van der Waals surface area (Å²) in [4.78, 5) is 0.191. The first-order valence-corrected chi connectivity index (χ1v) is 8.58. The topological polar surface area (TPSA) is 46.2 Å². The molecule has 0 aromatic heterocycles. The first-order chi connectivity index (χ1) is 9.89. The van der Waals surface area contributed by atoms with Crippen molar-refractivity contribution in [2.45, 2.75) is 18.0 Å². The van der Waals surface area contributed by atoms with Crippen molar-refractivity contribution in [3.63, 3.8) is 0 Å². The van der Waals surface area contributed by atoms with Crippen LogP contribution in [0.3, 0.4) is 0 Å². The molecular formula is C15H15ClFNO2S. The molecular weight excluding hydrogens is 313 g/mol. The van der Waals surface area contributed by atoms with Gasteiger partial charge in [-0.1, -0.05) is 35.9 Å². The summed E-state index contributed by atoms with van der Waals surface area (Å²) in [5.74, 6) is -0.299. The van der Waals surface area contributed by atoms with E-state index in [0.717, 1.165) is 6.26 Å². The number of hydrogen-bond acceptors (Lipinski definition) is 3. The summed E-state index contributed by atoms with van der Waals surface area (Å²) in [5.41, 5.74) is 1.02. The van der Waals surface area contributed by atoms with Crippen LogP contribution in [0.4, 0.5) is 4.39 Å². The molecule has 0 aliphatic rings. The van der Waals surface area contributed by atoms with E-state index in [1.807, 2.05) is 0 Å². The normalized spacial score (nSPS) is 11.6. The molecule has 2 aromatic carbocycles. The molecule has 0 saturated heterocycles. The van der Waals surface area contributed by atoms with Gasteiger partial charge in [0.25, 0.3) is 0 Å². The standard InChI is InChI=1S/C15H15ClFNO2S/c1-21(19,20)15-8-4-6-13(16)12(15)10-18-9-11-5-2-3-7-14(11)17/h2-8,18H,9-10H2,1H3. The van der Waals surface area contributed by atoms with Crippen molar-refractivity contribution in [3.8, 4) is 0 Å². The molecule has 0 heterocycles. The molecule has 0 atom stereocenters. The van der Waals surface area contributed by atoms with Crippen molar-refractivity contribution >= 4 is 21.4 Å². The highest BCUT2D eigenvalue weighted by Gasteiger charge is 2.15. The predicted molar refractivity (Wildman–Crippen MR) is 81.5 cm³/mol. The van der Waals surface area contributed by atoms with Gasteiger partial charge in [-0.15, -0.1) is 0 Å². The Hall–Kier alpha value is -1.43. The number of sulfone groups is 1. The van der Waals surface area contributed by atoms with Crippen LogP contribution in [0, 0.1) is 5.82 Å². The van der Waals surface area contributed by atoms with Crippen molar-refractivity contribution < 1.29 is 12.8 Å². The zero-order valence-corrected chi connectivity index (χ0v) is 13.0. The van der Waals surface area contributed by atoms with E-state index in [1.165, 1.54) is 12.1 Å². The van der Waals surface area contributed by atoms with Crippen LogP contribution in [0.1, 0.15) is 11.1 Å². The Balaban J connectivity index is 2.16. The Kier molecular flexibility index (Phi) is 4.98. The number of halogens is 2. The lowest BCUT2D eigenvalue weighted by molar-refractivity contribution is 0.583. The second-order valence-electron chi connectivity index (χ2n) is 4.68. The van der Waals surface area contributed by atoms with Crippen LogP contribution in [0.25, 0.3) is 0 Å². The fourth-order valence-corrected chi connectivity index (χ4v) is 3.27. The summed E-state index contributed by atoms with van der Waals surface area (Å²) >= 11 is 6.07. The van der Waals surface area contributed by atoms with Crippen LogP contribution >= 0.6 is 11.6 Å². The van der Waals surface area contributed by atoms with E-state index in [0.29, 0.717) is 22.7 Å². The molecule has 0 fully saturated rings. The van der Waals surface area contributed by atoms with Gasteiger partial charge < -0.3 is 5.32 Å². The first kappa shape index (κ1) is 15.9. The van der Waals surface area contributed by atoms with E-state index in [9.17, 15) is 12.8 Å². The Morgan fingerprint density at radius 1 is 1.10 bits per heavy atom. The van der Waals surface area contributed by atoms with Gasteiger partial charge in [0.15, 0.2) is 9.84 Å². The third-order valence-corrected chi connectivity index (χ3v) is 4.59. The molecule has 1 N–H and O–H groups in total. The molecule has 0 saturated carbocycles. The second-order valence-corrected chi connectivity index (χ2v) is 7.08. The van der Waals surface area contributed by atoms with Crippen molar-refractivity contribution in [3.05, 3.63) is 64.4 Å². The molecule has 112 valence electrons. The van der Waals surface area contributed by atoms with Crippen LogP contribution in [0.15, 0.2) is 47.4 Å². The summed E-state index contributed by atoms with van der Waals surface area (Å²) in [5, 5.41) is 3.40. The van der Waals surface area contributed by atoms with E-state index in [1.54, 1.807) is 30.3 Å². The van der Waals surface area contributed by atoms with E-state index in [4.69, 9.17) is 11.6 Å². The Morgan fingerprint density at radius 2 is 1.81 bits per heavy atom. The minimum Gasteiger partial charge on any atom is -0.308 e. The van der Waals surface area contributed by atoms with Gasteiger partial charge in [0.05, 0.1) is 4.90 Å². The molecule has 3 nitrogen and oxygen atoms in total. The lowest BCUT2D eigenvalue weighted by atomic mass is 10.2. The van der Waals surface area contributed by atoms with Gasteiger partial charge in [0.2, 0.25) is 0 Å². The monoisotopic (exact) mass is 327 g/mol. The van der Waals surface area contributed by atoms with Gasteiger partial charge in [-0.25, -0.2) is 12.8 Å². The molecule has 2 aromatic rings. The zero-order chi connectivity index (χ0) is 15.5. The third kappa shape index (κ3) is 4.03. The van der Waals surface area contributed by atoms with Crippen molar-refractivity contribution in [1.82, 2.24) is 5.32 Å². The first-order valence-electron chi connectivity index (χ1n) is 6.31. The Bertz CT molecular complexity index is 747. The lowest BCUT2D eigenvalue weighted by Crippen LogP contribution is -2.16. The molecule has 0 unspecified atom stereocenters. The maximum absolute atomic E-state index is 13.5. The lowest BCUT2D eigenvalue weighted by Gasteiger charge is -2.11. The van der Waals surface area contributed by atoms with Crippen LogP contribution < -0.4 is 5.32 Å². The van der Waals surface area contributed by atoms with Crippen LogP contribution in [-0.4, -0.2) is 14.7 Å². The van der Waals surface area contributed by atoms with Gasteiger partial charge in [0.1, 0.15) is 5.82 Å². The van der Waals surface area contributed by atoms with Crippen molar-refractivity contribution in [2.24, 2.45) is 0 Å². The Labute approximate surface area is 128 Å². The molecule has 0 spiro atoms. The fourth-order valence-electron chi connectivity index (χ4n) is 2.02. The van der Waals surface area contributed by atoms with E-state index >= 15 is 0 Å². The van der Waals surface area contributed by atoms with Crippen LogP contribution in [0.2, 0.25) is 5.02 Å². The highest BCUT2D eigenvalue weighted by Crippen LogP contribution is 2.24. The minimum atomic E-state index is -3.36. The highest BCUT2D eigenvalue weighted by atomic mass is 35.5. The zero-order valence-electron chi connectivity index (χ0n) is 11.4. The summed E-state index contributed by atoms with van der Waals surface area (Å²) in [6.45, 7) is 0.539. The number of rotatable bonds is 5. The van der Waals surface area contributed by atoms with Gasteiger partial charge in [0, 0.05) is 35.5 Å². The molecule has 0 amide bonds. The number of benzene rings is 2. The van der Waals surface area contributed by atoms with Gasteiger partial charge in [-0.2, -0.15) is 0 Å². The average Bonchev–Trinajstić information content (AvgIpc) is 2.41. The molecule has 21 heavy (non-hydrogen) atoms. The number of nitrogens with one attached hydrogen (secondary N) is 1. The predicted octanol–water partition coefficient (Wildman–Crippen LogP) is 3.17. The quantitative estimate of drug-likeness (QED) is 0.917. The molecule has 0 bridgehead atoms. The van der Waals surface area contributed by atoms with Gasteiger partial charge in [-0.05, 0) is 18.2 Å². The summed E-state index contributed by atoms with van der Waals surface area (Å²) in [7, 11) is -3.36. The van der Waals surface area contributed by atoms with E-state index < -0.39 is 9.84 Å². The van der Waals surface area contributed by atoms with E-state index in [2.05, 4.69) is 5.32 Å². The molecule has 0 aliphatic heterocycles.